The summed E-state index contributed by atoms with van der Waals surface area (Å²) in [6, 6.07) is 24.6. The first-order valence-electron chi connectivity index (χ1n) is 10.7. The topological polar surface area (TPSA) is 95.5 Å². The molecule has 2 amide bonds. The van der Waals surface area contributed by atoms with Crippen LogP contribution >= 0.6 is 27.7 Å². The van der Waals surface area contributed by atoms with Gasteiger partial charge in [0.2, 0.25) is 5.91 Å². The molecule has 0 fully saturated rings. The molecule has 1 atom stereocenters. The van der Waals surface area contributed by atoms with E-state index in [1.807, 2.05) is 43.3 Å². The van der Waals surface area contributed by atoms with Gasteiger partial charge in [-0.2, -0.15) is 0 Å². The Balaban J connectivity index is 1.44. The van der Waals surface area contributed by atoms with Crippen molar-refractivity contribution >= 4 is 67.6 Å². The summed E-state index contributed by atoms with van der Waals surface area (Å²) in [7, 11) is 0. The highest BCUT2D eigenvalue weighted by Crippen LogP contribution is 2.28. The van der Waals surface area contributed by atoms with Gasteiger partial charge in [-0.3, -0.25) is 9.59 Å². The second-order valence-electron chi connectivity index (χ2n) is 7.72. The highest BCUT2D eigenvalue weighted by molar-refractivity contribution is 9.10. The van der Waals surface area contributed by atoms with E-state index in [-0.39, 0.29) is 22.3 Å². The number of hydrogen-bond acceptors (Lipinski definition) is 4. The molecule has 0 aliphatic heterocycles. The SMILES string of the molecule is CC(Sc1ccc(NC(=O)c2cccc3cccc(C(=O)O)c23)cc1)C(=O)Nc1ccccc1Br. The van der Waals surface area contributed by atoms with Gasteiger partial charge < -0.3 is 15.7 Å². The lowest BCUT2D eigenvalue weighted by atomic mass is 9.98. The fourth-order valence-electron chi connectivity index (χ4n) is 3.58. The number of nitrogens with one attached hydrogen (secondary N) is 2. The van der Waals surface area contributed by atoms with Gasteiger partial charge in [-0.25, -0.2) is 4.79 Å². The lowest BCUT2D eigenvalue weighted by Gasteiger charge is -2.14. The lowest BCUT2D eigenvalue weighted by Crippen LogP contribution is -2.22. The first-order chi connectivity index (χ1) is 16.8. The minimum absolute atomic E-state index is 0.0785. The molecule has 3 N–H and O–H groups in total. The maximum atomic E-state index is 13.0. The number of carboxylic acids is 1. The van der Waals surface area contributed by atoms with E-state index in [9.17, 15) is 19.5 Å². The predicted octanol–water partition coefficient (Wildman–Crippen LogP) is 6.67. The minimum Gasteiger partial charge on any atom is -0.478 e. The van der Waals surface area contributed by atoms with Crippen LogP contribution in [0.2, 0.25) is 0 Å². The zero-order valence-corrected chi connectivity index (χ0v) is 21.0. The first-order valence-corrected chi connectivity index (χ1v) is 12.4. The van der Waals surface area contributed by atoms with Crippen molar-refractivity contribution in [3.8, 4) is 0 Å². The number of amides is 2. The maximum Gasteiger partial charge on any atom is 0.336 e. The third-order valence-corrected chi connectivity index (χ3v) is 7.11. The number of carbonyl (C=O) groups excluding carboxylic acids is 2. The number of para-hydroxylation sites is 1. The van der Waals surface area contributed by atoms with Crippen molar-refractivity contribution < 1.29 is 19.5 Å². The third-order valence-electron chi connectivity index (χ3n) is 5.31. The number of anilines is 2. The molecule has 0 aromatic heterocycles. The van der Waals surface area contributed by atoms with E-state index in [1.165, 1.54) is 17.8 Å². The molecule has 4 aromatic rings. The average Bonchev–Trinajstić information content (AvgIpc) is 2.85. The molecule has 0 aliphatic rings. The summed E-state index contributed by atoms with van der Waals surface area (Å²) in [5, 5.41) is 16.0. The van der Waals surface area contributed by atoms with Crippen LogP contribution in [0.4, 0.5) is 11.4 Å². The maximum absolute atomic E-state index is 13.0. The Morgan fingerprint density at radius 2 is 1.49 bits per heavy atom. The number of fused-ring (bicyclic) bond motifs is 1. The molecule has 0 heterocycles. The highest BCUT2D eigenvalue weighted by Gasteiger charge is 2.18. The van der Waals surface area contributed by atoms with Crippen LogP contribution in [-0.2, 0) is 4.79 Å². The van der Waals surface area contributed by atoms with Gasteiger partial charge in [0.25, 0.3) is 5.91 Å². The van der Waals surface area contributed by atoms with Gasteiger partial charge in [0.1, 0.15) is 0 Å². The van der Waals surface area contributed by atoms with Crippen molar-refractivity contribution in [3.05, 3.63) is 101 Å². The van der Waals surface area contributed by atoms with Crippen LogP contribution in [-0.4, -0.2) is 28.1 Å². The van der Waals surface area contributed by atoms with E-state index in [1.54, 1.807) is 42.5 Å². The number of carbonyl (C=O) groups is 3. The van der Waals surface area contributed by atoms with E-state index in [0.717, 1.165) is 9.37 Å². The Labute approximate surface area is 214 Å². The van der Waals surface area contributed by atoms with Gasteiger partial charge in [-0.15, -0.1) is 11.8 Å². The summed E-state index contributed by atoms with van der Waals surface area (Å²) in [6.07, 6.45) is 0. The Kier molecular flexibility index (Phi) is 7.53. The number of thioether (sulfide) groups is 1. The standard InChI is InChI=1S/C27H21BrN2O4S/c1-16(25(31)30-23-11-3-2-10-22(23)28)35-19-14-12-18(13-15-19)29-26(32)20-8-4-6-17-7-5-9-21(24(17)20)27(33)34/h2-16H,1H3,(H,29,32)(H,30,31)(H,33,34). The number of benzene rings is 4. The zero-order chi connectivity index (χ0) is 24.9. The Hall–Kier alpha value is -3.62. The second kappa shape index (κ2) is 10.8. The molecule has 4 aromatic carbocycles. The third kappa shape index (κ3) is 5.72. The van der Waals surface area contributed by atoms with Crippen LogP contribution in [0.5, 0.6) is 0 Å². The van der Waals surface area contributed by atoms with Crippen LogP contribution in [0, 0.1) is 0 Å². The highest BCUT2D eigenvalue weighted by atomic mass is 79.9. The number of rotatable bonds is 7. The molecule has 8 heteroatoms. The number of aromatic carboxylic acids is 1. The predicted molar refractivity (Wildman–Crippen MR) is 143 cm³/mol. The molecule has 176 valence electrons. The fourth-order valence-corrected chi connectivity index (χ4v) is 4.83. The van der Waals surface area contributed by atoms with E-state index >= 15 is 0 Å². The van der Waals surface area contributed by atoms with Gasteiger partial charge in [-0.1, -0.05) is 36.4 Å². The Morgan fingerprint density at radius 3 is 2.14 bits per heavy atom. The van der Waals surface area contributed by atoms with Crippen LogP contribution in [0.25, 0.3) is 10.8 Å². The number of halogens is 1. The first kappa shape index (κ1) is 24.5. The van der Waals surface area contributed by atoms with E-state index in [2.05, 4.69) is 26.6 Å². The molecule has 0 aliphatic carbocycles. The van der Waals surface area contributed by atoms with Crippen molar-refractivity contribution in [2.24, 2.45) is 0 Å². The van der Waals surface area contributed by atoms with Crippen LogP contribution in [0.1, 0.15) is 27.6 Å². The normalized spacial score (nSPS) is 11.6. The van der Waals surface area contributed by atoms with Crippen LogP contribution < -0.4 is 10.6 Å². The minimum atomic E-state index is -1.09. The molecule has 4 rings (SSSR count). The average molecular weight is 549 g/mol. The van der Waals surface area contributed by atoms with Crippen molar-refractivity contribution in [2.45, 2.75) is 17.1 Å². The zero-order valence-electron chi connectivity index (χ0n) is 18.6. The fraction of sp³-hybridized carbons (Fsp3) is 0.0741. The van der Waals surface area contributed by atoms with E-state index in [4.69, 9.17) is 0 Å². The molecule has 1 unspecified atom stereocenters. The van der Waals surface area contributed by atoms with Crippen molar-refractivity contribution in [2.75, 3.05) is 10.6 Å². The monoisotopic (exact) mass is 548 g/mol. The number of hydrogen-bond donors (Lipinski definition) is 3. The summed E-state index contributed by atoms with van der Waals surface area (Å²) >= 11 is 4.83. The molecular formula is C27H21BrN2O4S. The summed E-state index contributed by atoms with van der Waals surface area (Å²) in [4.78, 5) is 38.1. The van der Waals surface area contributed by atoms with E-state index < -0.39 is 11.9 Å². The molecule has 0 saturated heterocycles. The summed E-state index contributed by atoms with van der Waals surface area (Å²) in [5.41, 5.74) is 1.64. The van der Waals surface area contributed by atoms with Crippen LogP contribution in [0.15, 0.2) is 94.3 Å². The van der Waals surface area contributed by atoms with E-state index in [0.29, 0.717) is 22.1 Å². The molecule has 0 spiro atoms. The van der Waals surface area contributed by atoms with Gasteiger partial charge >= 0.3 is 5.97 Å². The molecule has 35 heavy (non-hydrogen) atoms. The smallest absolute Gasteiger partial charge is 0.336 e. The Bertz CT molecular complexity index is 1420. The molecule has 0 radical (unpaired) electrons. The molecule has 0 bridgehead atoms. The van der Waals surface area contributed by atoms with Gasteiger partial charge in [0, 0.05) is 26.0 Å². The quantitative estimate of drug-likeness (QED) is 0.224. The van der Waals surface area contributed by atoms with Gasteiger partial charge in [0.05, 0.1) is 16.5 Å². The largest absolute Gasteiger partial charge is 0.478 e. The van der Waals surface area contributed by atoms with Crippen molar-refractivity contribution in [3.63, 3.8) is 0 Å². The van der Waals surface area contributed by atoms with Crippen molar-refractivity contribution in [1.82, 2.24) is 0 Å². The summed E-state index contributed by atoms with van der Waals surface area (Å²) in [6.45, 7) is 1.83. The lowest BCUT2D eigenvalue weighted by molar-refractivity contribution is -0.115. The van der Waals surface area contributed by atoms with Gasteiger partial charge in [0.15, 0.2) is 0 Å². The molecule has 0 saturated carbocycles. The molecular weight excluding hydrogens is 528 g/mol. The summed E-state index contributed by atoms with van der Waals surface area (Å²) < 4.78 is 0.812. The van der Waals surface area contributed by atoms with Crippen molar-refractivity contribution in [1.29, 1.82) is 0 Å². The number of carboxylic acid groups (broad SMARTS) is 1. The summed E-state index contributed by atoms with van der Waals surface area (Å²) in [5.74, 6) is -1.61. The van der Waals surface area contributed by atoms with Gasteiger partial charge in [-0.05, 0) is 76.8 Å². The Morgan fingerprint density at radius 1 is 0.829 bits per heavy atom. The van der Waals surface area contributed by atoms with Crippen LogP contribution in [0.3, 0.4) is 0 Å². The second-order valence-corrected chi connectivity index (χ2v) is 9.99. The molecule has 6 nitrogen and oxygen atoms in total.